The molecule has 7 heavy (non-hydrogen) atoms. The number of hydrogen-bond donors (Lipinski definition) is 1. The van der Waals surface area contributed by atoms with E-state index in [9.17, 15) is 14.7 Å². The van der Waals surface area contributed by atoms with Crippen molar-refractivity contribution in [2.24, 2.45) is 0 Å². The van der Waals surface area contributed by atoms with Gasteiger partial charge < -0.3 is 19.8 Å². The van der Waals surface area contributed by atoms with Crippen LogP contribution in [-0.4, -0.2) is 11.5 Å². The van der Waals surface area contributed by atoms with E-state index in [1.807, 2.05) is 0 Å². The van der Waals surface area contributed by atoms with E-state index in [-0.39, 0.29) is 17.1 Å². The standard InChI is InChI=1S/CH5O4P.Cu/c2-1-6(3,4)5;/h2H,1H2,(H2,3,4,5);/q;+2/p-2. The van der Waals surface area contributed by atoms with Gasteiger partial charge in [-0.15, -0.1) is 7.94 Å². The quantitative estimate of drug-likeness (QED) is 0.334. The summed E-state index contributed by atoms with van der Waals surface area (Å²) >= 11 is 0. The summed E-state index contributed by atoms with van der Waals surface area (Å²) in [6, 6.07) is 0. The zero-order valence-corrected chi connectivity index (χ0v) is 4.96. The average Bonchev–Trinajstić information content (AvgIpc) is 1.35. The largest absolute Gasteiger partial charge is 2.00 e. The van der Waals surface area contributed by atoms with E-state index in [4.69, 9.17) is 5.11 Å². The molecule has 0 bridgehead atoms. The summed E-state index contributed by atoms with van der Waals surface area (Å²) in [5.74, 6) is 0. The van der Waals surface area contributed by atoms with Gasteiger partial charge in [0.2, 0.25) is 0 Å². The Morgan fingerprint density at radius 2 is 1.43 bits per heavy atom. The van der Waals surface area contributed by atoms with Crippen molar-refractivity contribution in [2.45, 2.75) is 0 Å². The first-order valence-electron chi connectivity index (χ1n) is 1.18. The van der Waals surface area contributed by atoms with Gasteiger partial charge in [-0.2, -0.15) is 0 Å². The molecule has 0 aromatic rings. The zero-order chi connectivity index (χ0) is 5.21. The van der Waals surface area contributed by atoms with E-state index in [1.54, 1.807) is 0 Å². The van der Waals surface area contributed by atoms with Gasteiger partial charge in [-0.3, -0.25) is 0 Å². The minimum atomic E-state index is -4.59. The van der Waals surface area contributed by atoms with Gasteiger partial charge in [0, 0.05) is 0 Å². The molecule has 0 aliphatic rings. The van der Waals surface area contributed by atoms with E-state index in [0.29, 0.717) is 0 Å². The molecule has 0 atom stereocenters. The molecular formula is CH3CuO4P. The van der Waals surface area contributed by atoms with Crippen LogP contribution in [0.3, 0.4) is 0 Å². The molecule has 0 heterocycles. The van der Waals surface area contributed by atoms with Crippen LogP contribution in [0.4, 0.5) is 0 Å². The molecular weight excluding hydrogens is 171 g/mol. The third-order valence-corrected chi connectivity index (χ3v) is 0.520. The smallest absolute Gasteiger partial charge is 0.686 e. The first kappa shape index (κ1) is 10.7. The van der Waals surface area contributed by atoms with E-state index < -0.39 is 14.3 Å². The van der Waals surface area contributed by atoms with Gasteiger partial charge in [0.05, 0.1) is 0 Å². The Morgan fingerprint density at radius 3 is 1.43 bits per heavy atom. The molecule has 0 aromatic heterocycles. The van der Waals surface area contributed by atoms with Crippen LogP contribution in [0, 0.1) is 0 Å². The van der Waals surface area contributed by atoms with Gasteiger partial charge in [0.1, 0.15) is 6.35 Å². The second kappa shape index (κ2) is 3.75. The Bertz CT molecular complexity index is 41.4. The summed E-state index contributed by atoms with van der Waals surface area (Å²) in [7, 11) is -4.59. The normalized spacial score (nSPS) is 10.3. The summed E-state index contributed by atoms with van der Waals surface area (Å²) in [6.45, 7) is 0. The second-order valence-electron chi connectivity index (χ2n) is 0.752. The fraction of sp³-hybridized carbons (Fsp3) is 1.00. The van der Waals surface area contributed by atoms with E-state index >= 15 is 0 Å². The van der Waals surface area contributed by atoms with Crippen molar-refractivity contribution in [2.75, 3.05) is 6.35 Å². The minimum Gasteiger partial charge on any atom is -0.686 e. The molecule has 4 nitrogen and oxygen atoms in total. The molecule has 0 amide bonds. The third-order valence-electron chi connectivity index (χ3n) is 0.173. The van der Waals surface area contributed by atoms with Crippen LogP contribution in [-0.2, 0) is 17.1 Å². The monoisotopic (exact) mass is 173 g/mol. The fourth-order valence-corrected chi connectivity index (χ4v) is 0. The van der Waals surface area contributed by atoms with Crippen LogP contribution in [0.5, 0.6) is 0 Å². The van der Waals surface area contributed by atoms with Crippen LogP contribution < -0.4 is 14.7 Å². The van der Waals surface area contributed by atoms with Gasteiger partial charge in [0.25, 0.3) is 0 Å². The zero-order valence-electron chi connectivity index (χ0n) is 3.13. The molecule has 0 saturated carbocycles. The van der Waals surface area contributed by atoms with E-state index in [2.05, 4.69) is 0 Å². The summed E-state index contributed by atoms with van der Waals surface area (Å²) in [5.41, 5.74) is 0. The summed E-state index contributed by atoms with van der Waals surface area (Å²) in [6.07, 6.45) is -1.28. The van der Waals surface area contributed by atoms with Crippen molar-refractivity contribution in [3.8, 4) is 0 Å². The maximum atomic E-state index is 9.22. The molecule has 0 spiro atoms. The van der Waals surface area contributed by atoms with Crippen LogP contribution >= 0.6 is 7.94 Å². The molecule has 0 aliphatic heterocycles. The molecule has 0 fully saturated rings. The molecule has 1 radical (unpaired) electrons. The van der Waals surface area contributed by atoms with Gasteiger partial charge in [-0.1, -0.05) is 0 Å². The fourth-order valence-electron chi connectivity index (χ4n) is 0. The molecule has 0 aromatic carbocycles. The molecule has 0 rings (SSSR count). The second-order valence-corrected chi connectivity index (χ2v) is 2.26. The van der Waals surface area contributed by atoms with Crippen molar-refractivity contribution >= 4 is 7.94 Å². The molecule has 0 unspecified atom stereocenters. The van der Waals surface area contributed by atoms with Crippen LogP contribution in [0.1, 0.15) is 0 Å². The van der Waals surface area contributed by atoms with Gasteiger partial charge in [0.15, 0.2) is 0 Å². The molecule has 0 saturated heterocycles. The minimum absolute atomic E-state index is 0. The van der Waals surface area contributed by atoms with E-state index in [1.165, 1.54) is 0 Å². The Kier molecular flexibility index (Phi) is 5.74. The number of hydrogen-bond acceptors (Lipinski definition) is 4. The Hall–Kier alpha value is 0.789. The van der Waals surface area contributed by atoms with Crippen molar-refractivity contribution in [3.63, 3.8) is 0 Å². The maximum Gasteiger partial charge on any atom is 2.00 e. The van der Waals surface area contributed by atoms with E-state index in [0.717, 1.165) is 0 Å². The van der Waals surface area contributed by atoms with Gasteiger partial charge in [-0.25, -0.2) is 0 Å². The van der Waals surface area contributed by atoms with Crippen LogP contribution in [0.2, 0.25) is 0 Å². The van der Waals surface area contributed by atoms with Crippen molar-refractivity contribution < 1.29 is 36.9 Å². The van der Waals surface area contributed by atoms with Gasteiger partial charge >= 0.3 is 17.1 Å². The first-order valence-corrected chi connectivity index (χ1v) is 2.91. The van der Waals surface area contributed by atoms with Crippen molar-refractivity contribution in [1.82, 2.24) is 0 Å². The molecule has 0 aliphatic carbocycles. The van der Waals surface area contributed by atoms with Crippen LogP contribution in [0.25, 0.3) is 0 Å². The van der Waals surface area contributed by atoms with Crippen LogP contribution in [0.15, 0.2) is 0 Å². The molecule has 6 heteroatoms. The average molecular weight is 174 g/mol. The SMILES string of the molecule is [Cu+2].[O-][P+]([O-])([O-])CO. The Morgan fingerprint density at radius 1 is 1.29 bits per heavy atom. The molecule has 47 valence electrons. The maximum absolute atomic E-state index is 9.22. The van der Waals surface area contributed by atoms with Crippen molar-refractivity contribution in [3.05, 3.63) is 0 Å². The number of rotatable bonds is 1. The predicted octanol–water partition coefficient (Wildman–Crippen LogP) is -3.22. The summed E-state index contributed by atoms with van der Waals surface area (Å²) in [5, 5.41) is 7.51. The summed E-state index contributed by atoms with van der Waals surface area (Å²) < 4.78 is 0. The molecule has 1 N–H and O–H groups in total. The number of aliphatic hydroxyl groups is 1. The predicted molar refractivity (Wildman–Crippen MR) is 14.0 cm³/mol. The van der Waals surface area contributed by atoms with Crippen molar-refractivity contribution in [1.29, 1.82) is 0 Å². The third kappa shape index (κ3) is 10.8. The summed E-state index contributed by atoms with van der Waals surface area (Å²) in [4.78, 5) is 27.7. The van der Waals surface area contributed by atoms with Gasteiger partial charge in [-0.05, 0) is 0 Å². The number of aliphatic hydroxyl groups excluding tert-OH is 1. The first-order chi connectivity index (χ1) is 2.56. The Labute approximate surface area is 51.9 Å². The Balaban J connectivity index is 0. The topological polar surface area (TPSA) is 89.4 Å².